The number of carbonyl (C=O) groups is 2. The first-order valence-corrected chi connectivity index (χ1v) is 14.3. The summed E-state index contributed by atoms with van der Waals surface area (Å²) in [7, 11) is 1.39. The van der Waals surface area contributed by atoms with Crippen molar-refractivity contribution in [2.75, 3.05) is 33.4 Å². The number of alkyl halides is 1. The molecule has 1 aliphatic heterocycles. The number of likely N-dealkylation sites (tertiary alicyclic amines) is 1. The van der Waals surface area contributed by atoms with Crippen molar-refractivity contribution in [1.82, 2.24) is 4.90 Å². The molecule has 204 valence electrons. The third kappa shape index (κ3) is 5.91. The molecule has 5 rings (SSSR count). The Bertz CT molecular complexity index is 1370. The molecule has 0 amide bonds. The third-order valence-corrected chi connectivity index (χ3v) is 8.55. The van der Waals surface area contributed by atoms with E-state index in [1.165, 1.54) is 12.7 Å². The zero-order chi connectivity index (χ0) is 27.5. The van der Waals surface area contributed by atoms with Crippen LogP contribution in [0.15, 0.2) is 69.8 Å². The number of rotatable bonds is 8. The molecular formula is C32H32Cl2FNO3. The van der Waals surface area contributed by atoms with Crippen molar-refractivity contribution in [1.29, 1.82) is 0 Å². The monoisotopic (exact) mass is 567 g/mol. The van der Waals surface area contributed by atoms with E-state index in [1.54, 1.807) is 0 Å². The first kappa shape index (κ1) is 27.8. The highest BCUT2D eigenvalue weighted by atomic mass is 35.5. The average molecular weight is 569 g/mol. The van der Waals surface area contributed by atoms with Crippen molar-refractivity contribution in [3.05, 3.63) is 97.6 Å². The maximum absolute atomic E-state index is 13.1. The molecule has 39 heavy (non-hydrogen) atoms. The highest BCUT2D eigenvalue weighted by Crippen LogP contribution is 2.43. The third-order valence-electron chi connectivity index (χ3n) is 7.91. The Morgan fingerprint density at radius 1 is 0.974 bits per heavy atom. The highest BCUT2D eigenvalue weighted by Gasteiger charge is 2.33. The van der Waals surface area contributed by atoms with E-state index in [1.807, 2.05) is 48.5 Å². The number of aryl methyl sites for hydroxylation is 1. The van der Waals surface area contributed by atoms with E-state index in [9.17, 15) is 14.0 Å². The van der Waals surface area contributed by atoms with Gasteiger partial charge in [-0.25, -0.2) is 4.79 Å². The van der Waals surface area contributed by atoms with Crippen molar-refractivity contribution in [3.8, 4) is 0 Å². The summed E-state index contributed by atoms with van der Waals surface area (Å²) < 4.78 is 17.4. The summed E-state index contributed by atoms with van der Waals surface area (Å²) in [5.41, 5.74) is 7.75. The molecule has 3 aliphatic rings. The fraction of sp³-hybridized carbons (Fsp3) is 0.375. The molecule has 0 aromatic heterocycles. The molecule has 1 saturated heterocycles. The molecular weight excluding hydrogens is 536 g/mol. The van der Waals surface area contributed by atoms with Crippen LogP contribution in [0, 0.1) is 5.92 Å². The van der Waals surface area contributed by atoms with Gasteiger partial charge in [0.05, 0.1) is 19.3 Å². The van der Waals surface area contributed by atoms with Crippen LogP contribution in [0.2, 0.25) is 0 Å². The quantitative estimate of drug-likeness (QED) is 0.245. The molecule has 4 nitrogen and oxygen atoms in total. The molecule has 2 aliphatic carbocycles. The number of fused-ring (bicyclic) bond motifs is 1. The summed E-state index contributed by atoms with van der Waals surface area (Å²) >= 11 is 13.0. The van der Waals surface area contributed by atoms with Gasteiger partial charge in [-0.1, -0.05) is 53.5 Å². The van der Waals surface area contributed by atoms with Gasteiger partial charge in [0.25, 0.3) is 0 Å². The zero-order valence-electron chi connectivity index (χ0n) is 22.1. The van der Waals surface area contributed by atoms with Crippen molar-refractivity contribution < 1.29 is 18.7 Å². The molecule has 0 radical (unpaired) electrons. The second kappa shape index (κ2) is 12.2. The molecule has 0 saturated carbocycles. The standard InChI is InChI=1S/C32H32Cl2FNO3/c1-39-32(38)23-10-12-26-22(16-23)4-2-5-28(27-13-11-25(33)17-29(27)34)30(26)20-6-8-21(9-7-20)31(37)24-18-36(19-24)15-3-14-35/h6-10,12,16-17,24H,2-5,11,13-15,18-19H2,1H3. The molecule has 2 aromatic rings. The maximum atomic E-state index is 13.1. The maximum Gasteiger partial charge on any atom is 0.337 e. The van der Waals surface area contributed by atoms with Crippen molar-refractivity contribution >= 4 is 40.5 Å². The predicted octanol–water partition coefficient (Wildman–Crippen LogP) is 7.49. The molecule has 1 fully saturated rings. The number of benzene rings is 2. The SMILES string of the molecule is COC(=O)c1ccc2c(c1)CCCC(C1=C(Cl)C=C(Cl)CC1)=C2c1ccc(C(=O)C2CN(CCCF)C2)cc1. The molecule has 0 atom stereocenters. The number of carbonyl (C=O) groups excluding carboxylic acids is 2. The van der Waals surface area contributed by atoms with Gasteiger partial charge in [0.1, 0.15) is 0 Å². The van der Waals surface area contributed by atoms with Gasteiger partial charge in [-0.3, -0.25) is 9.18 Å². The Balaban J connectivity index is 1.53. The number of allylic oxidation sites excluding steroid dienone is 5. The number of hydrogen-bond donors (Lipinski definition) is 0. The average Bonchev–Trinajstić information content (AvgIpc) is 3.11. The van der Waals surface area contributed by atoms with E-state index in [0.29, 0.717) is 42.2 Å². The number of Topliss-reactive ketones (excluding diaryl/α,β-unsaturated/α-hetero) is 1. The zero-order valence-corrected chi connectivity index (χ0v) is 23.6. The number of methoxy groups -OCH3 is 1. The van der Waals surface area contributed by atoms with Crippen LogP contribution >= 0.6 is 23.2 Å². The van der Waals surface area contributed by atoms with Crippen molar-refractivity contribution in [3.63, 3.8) is 0 Å². The van der Waals surface area contributed by atoms with Crippen LogP contribution in [-0.4, -0.2) is 50.1 Å². The van der Waals surface area contributed by atoms with Crippen LogP contribution in [0.1, 0.15) is 69.5 Å². The minimum Gasteiger partial charge on any atom is -0.465 e. The van der Waals surface area contributed by atoms with E-state index in [4.69, 9.17) is 27.9 Å². The van der Waals surface area contributed by atoms with Crippen molar-refractivity contribution in [2.45, 2.75) is 38.5 Å². The molecule has 1 heterocycles. The summed E-state index contributed by atoms with van der Waals surface area (Å²) in [4.78, 5) is 27.5. The van der Waals surface area contributed by atoms with Crippen LogP contribution in [0.4, 0.5) is 4.39 Å². The van der Waals surface area contributed by atoms with Gasteiger partial charge in [0.15, 0.2) is 5.78 Å². The van der Waals surface area contributed by atoms with Gasteiger partial charge >= 0.3 is 5.97 Å². The molecule has 0 spiro atoms. The Morgan fingerprint density at radius 2 is 1.72 bits per heavy atom. The molecule has 0 N–H and O–H groups in total. The molecule has 2 aromatic carbocycles. The van der Waals surface area contributed by atoms with Gasteiger partial charge in [-0.05, 0) is 90.1 Å². The molecule has 7 heteroatoms. The van der Waals surface area contributed by atoms with Gasteiger partial charge in [0.2, 0.25) is 0 Å². The van der Waals surface area contributed by atoms with E-state index in [-0.39, 0.29) is 24.3 Å². The number of ether oxygens (including phenoxy) is 1. The fourth-order valence-electron chi connectivity index (χ4n) is 5.86. The molecule has 0 bridgehead atoms. The van der Waals surface area contributed by atoms with Crippen LogP contribution in [0.3, 0.4) is 0 Å². The summed E-state index contributed by atoms with van der Waals surface area (Å²) in [6, 6.07) is 13.6. The normalized spacial score (nSPS) is 18.3. The minimum atomic E-state index is -0.354. The topological polar surface area (TPSA) is 46.6 Å². The van der Waals surface area contributed by atoms with Crippen LogP contribution in [0.25, 0.3) is 5.57 Å². The molecule has 0 unspecified atom stereocenters. The Kier molecular flexibility index (Phi) is 8.70. The lowest BCUT2D eigenvalue weighted by molar-refractivity contribution is 0.0597. The second-order valence-corrected chi connectivity index (χ2v) is 11.3. The first-order chi connectivity index (χ1) is 18.9. The summed E-state index contributed by atoms with van der Waals surface area (Å²) in [5, 5.41) is 1.42. The Hall–Kier alpha value is -2.73. The predicted molar refractivity (Wildman–Crippen MR) is 154 cm³/mol. The number of nitrogens with zero attached hydrogens (tertiary/aromatic N) is 1. The Labute approximate surface area is 239 Å². The highest BCUT2D eigenvalue weighted by molar-refractivity contribution is 6.35. The number of esters is 1. The van der Waals surface area contributed by atoms with Gasteiger partial charge in [-0.15, -0.1) is 0 Å². The second-order valence-electron chi connectivity index (χ2n) is 10.4. The number of halogens is 3. The minimum absolute atomic E-state index is 0.0386. The van der Waals surface area contributed by atoms with Crippen LogP contribution in [-0.2, 0) is 11.2 Å². The van der Waals surface area contributed by atoms with Crippen LogP contribution < -0.4 is 0 Å². The smallest absolute Gasteiger partial charge is 0.337 e. The van der Waals surface area contributed by atoms with Crippen molar-refractivity contribution in [2.24, 2.45) is 5.92 Å². The fourth-order valence-corrected chi connectivity index (χ4v) is 6.46. The summed E-state index contributed by atoms with van der Waals surface area (Å²) in [6.45, 7) is 1.75. The first-order valence-electron chi connectivity index (χ1n) is 13.5. The van der Waals surface area contributed by atoms with E-state index >= 15 is 0 Å². The summed E-state index contributed by atoms with van der Waals surface area (Å²) in [5.74, 6) is -0.259. The number of ketones is 1. The van der Waals surface area contributed by atoms with Gasteiger partial charge < -0.3 is 9.64 Å². The van der Waals surface area contributed by atoms with Gasteiger partial charge in [-0.2, -0.15) is 0 Å². The lowest BCUT2D eigenvalue weighted by Crippen LogP contribution is -2.50. The summed E-state index contributed by atoms with van der Waals surface area (Å²) in [6.07, 6.45) is 6.44. The lowest BCUT2D eigenvalue weighted by atomic mass is 9.84. The van der Waals surface area contributed by atoms with Crippen LogP contribution in [0.5, 0.6) is 0 Å². The number of hydrogen-bond acceptors (Lipinski definition) is 4. The van der Waals surface area contributed by atoms with E-state index in [2.05, 4.69) is 4.90 Å². The van der Waals surface area contributed by atoms with E-state index in [0.717, 1.165) is 65.0 Å². The van der Waals surface area contributed by atoms with Gasteiger partial charge in [0, 0.05) is 41.2 Å². The lowest BCUT2D eigenvalue weighted by Gasteiger charge is -2.38. The largest absolute Gasteiger partial charge is 0.465 e. The Morgan fingerprint density at radius 3 is 2.41 bits per heavy atom. The van der Waals surface area contributed by atoms with E-state index < -0.39 is 0 Å².